The highest BCUT2D eigenvalue weighted by molar-refractivity contribution is 5.87. The Morgan fingerprint density at radius 3 is 2.29 bits per heavy atom. The van der Waals surface area contributed by atoms with Crippen molar-refractivity contribution in [2.24, 2.45) is 23.2 Å². The van der Waals surface area contributed by atoms with Crippen LogP contribution in [0.4, 0.5) is 0 Å². The van der Waals surface area contributed by atoms with Crippen molar-refractivity contribution in [3.63, 3.8) is 0 Å². The predicted octanol–water partition coefficient (Wildman–Crippen LogP) is 5.47. The minimum Gasteiger partial charge on any atom is -0.442 e. The molecule has 0 N–H and O–H groups in total. The molecule has 158 valence electrons. The lowest BCUT2D eigenvalue weighted by molar-refractivity contribution is -0.388. The van der Waals surface area contributed by atoms with E-state index in [0.29, 0.717) is 17.4 Å². The van der Waals surface area contributed by atoms with Crippen LogP contribution in [0.15, 0.2) is 12.2 Å². The van der Waals surface area contributed by atoms with Gasteiger partial charge >= 0.3 is 5.97 Å². The molecule has 28 heavy (non-hydrogen) atoms. The van der Waals surface area contributed by atoms with E-state index in [2.05, 4.69) is 39.2 Å². The Balaban J connectivity index is 2.30. The Bertz CT molecular complexity index is 687. The third kappa shape index (κ3) is 4.47. The molecule has 2 aliphatic carbocycles. The Morgan fingerprint density at radius 1 is 1.21 bits per heavy atom. The fourth-order valence-electron chi connectivity index (χ4n) is 4.25. The zero-order valence-electron chi connectivity index (χ0n) is 19.2. The van der Waals surface area contributed by atoms with Crippen molar-refractivity contribution in [1.82, 2.24) is 0 Å². The van der Waals surface area contributed by atoms with Crippen LogP contribution in [0.3, 0.4) is 0 Å². The van der Waals surface area contributed by atoms with Crippen molar-refractivity contribution in [2.75, 3.05) is 0 Å². The van der Waals surface area contributed by atoms with Crippen LogP contribution >= 0.6 is 0 Å². The Hall–Kier alpha value is -1.31. The summed E-state index contributed by atoms with van der Waals surface area (Å²) in [6, 6.07) is 0. The summed E-state index contributed by atoms with van der Waals surface area (Å²) in [4.78, 5) is 23.7. The van der Waals surface area contributed by atoms with Gasteiger partial charge in [0, 0.05) is 17.9 Å². The number of rotatable bonds is 6. The van der Waals surface area contributed by atoms with Gasteiger partial charge in [-0.15, -0.1) is 0 Å². The molecule has 0 radical (unpaired) electrons. The SMILES string of the molecule is C=C(C)C(=O)O[C@@]1(C#CC(C)(C)OOC(C)(C)CC)C[C@H]2C[C@H]1[C@@H](C)C2(C)C. The summed E-state index contributed by atoms with van der Waals surface area (Å²) in [5, 5.41) is 0. The number of hydrogen-bond donors (Lipinski definition) is 0. The van der Waals surface area contributed by atoms with Crippen LogP contribution < -0.4 is 0 Å². The van der Waals surface area contributed by atoms with Crippen LogP contribution in [-0.2, 0) is 19.3 Å². The van der Waals surface area contributed by atoms with Crippen LogP contribution in [0.2, 0.25) is 0 Å². The van der Waals surface area contributed by atoms with Crippen molar-refractivity contribution in [2.45, 2.75) is 98.4 Å². The second-order valence-electron chi connectivity index (χ2n) is 10.5. The van der Waals surface area contributed by atoms with Gasteiger partial charge in [-0.1, -0.05) is 46.1 Å². The first-order chi connectivity index (χ1) is 12.7. The van der Waals surface area contributed by atoms with Crippen molar-refractivity contribution >= 4 is 5.97 Å². The monoisotopic (exact) mass is 390 g/mol. The highest BCUT2D eigenvalue weighted by atomic mass is 17.2. The molecule has 0 aromatic carbocycles. The topological polar surface area (TPSA) is 44.8 Å². The van der Waals surface area contributed by atoms with E-state index in [9.17, 15) is 4.79 Å². The number of ether oxygens (including phenoxy) is 1. The van der Waals surface area contributed by atoms with E-state index in [-0.39, 0.29) is 22.9 Å². The van der Waals surface area contributed by atoms with Crippen LogP contribution in [-0.4, -0.2) is 22.8 Å². The molecular weight excluding hydrogens is 352 g/mol. The van der Waals surface area contributed by atoms with E-state index >= 15 is 0 Å². The van der Waals surface area contributed by atoms with Crippen LogP contribution in [0, 0.1) is 35.0 Å². The second-order valence-corrected chi connectivity index (χ2v) is 10.5. The number of carbonyl (C=O) groups excluding carboxylic acids is 1. The van der Waals surface area contributed by atoms with Crippen LogP contribution in [0.5, 0.6) is 0 Å². The smallest absolute Gasteiger partial charge is 0.334 e. The second kappa shape index (κ2) is 7.50. The van der Waals surface area contributed by atoms with Gasteiger partial charge in [-0.05, 0) is 64.7 Å². The van der Waals surface area contributed by atoms with Gasteiger partial charge in [0.15, 0.2) is 11.2 Å². The summed E-state index contributed by atoms with van der Waals surface area (Å²) in [5.41, 5.74) is -1.34. The molecule has 2 saturated carbocycles. The third-order valence-corrected chi connectivity index (χ3v) is 7.04. The van der Waals surface area contributed by atoms with Gasteiger partial charge in [0.1, 0.15) is 0 Å². The van der Waals surface area contributed by atoms with Crippen molar-refractivity contribution in [1.29, 1.82) is 0 Å². The molecule has 0 unspecified atom stereocenters. The van der Waals surface area contributed by atoms with Crippen LogP contribution in [0.1, 0.15) is 81.6 Å². The summed E-state index contributed by atoms with van der Waals surface area (Å²) in [6.07, 6.45) is 2.62. The summed E-state index contributed by atoms with van der Waals surface area (Å²) in [6.45, 7) is 22.1. The summed E-state index contributed by atoms with van der Waals surface area (Å²) in [7, 11) is 0. The molecule has 0 aromatic heterocycles. The molecule has 0 spiro atoms. The molecule has 4 nitrogen and oxygen atoms in total. The molecule has 0 aromatic rings. The van der Waals surface area contributed by atoms with Gasteiger partial charge in [0.2, 0.25) is 0 Å². The van der Waals surface area contributed by atoms with Gasteiger partial charge in [0.05, 0.1) is 5.60 Å². The lowest BCUT2D eigenvalue weighted by atomic mass is 9.64. The predicted molar refractivity (Wildman–Crippen MR) is 111 cm³/mol. The molecule has 2 aliphatic rings. The van der Waals surface area contributed by atoms with Crippen molar-refractivity contribution < 1.29 is 19.3 Å². The maximum atomic E-state index is 12.4. The van der Waals surface area contributed by atoms with Crippen molar-refractivity contribution in [3.8, 4) is 11.8 Å². The van der Waals surface area contributed by atoms with Gasteiger partial charge in [0.25, 0.3) is 0 Å². The summed E-state index contributed by atoms with van der Waals surface area (Å²) >= 11 is 0. The maximum Gasteiger partial charge on any atom is 0.334 e. The molecule has 0 saturated heterocycles. The first kappa shape index (κ1) is 23.0. The van der Waals surface area contributed by atoms with E-state index in [1.54, 1.807) is 6.92 Å². The maximum absolute atomic E-state index is 12.4. The van der Waals surface area contributed by atoms with E-state index in [1.165, 1.54) is 0 Å². The van der Waals surface area contributed by atoms with E-state index < -0.39 is 11.2 Å². The molecule has 2 bridgehead atoms. The minimum atomic E-state index is -0.810. The Kier molecular flexibility index (Phi) is 6.16. The van der Waals surface area contributed by atoms with E-state index in [0.717, 1.165) is 19.3 Å². The Labute approximate surface area is 171 Å². The van der Waals surface area contributed by atoms with E-state index in [4.69, 9.17) is 14.5 Å². The number of hydrogen-bond acceptors (Lipinski definition) is 4. The Morgan fingerprint density at radius 2 is 1.82 bits per heavy atom. The molecular formula is C24H38O4. The largest absolute Gasteiger partial charge is 0.442 e. The van der Waals surface area contributed by atoms with Gasteiger partial charge in [-0.3, -0.25) is 0 Å². The van der Waals surface area contributed by atoms with Gasteiger partial charge in [-0.2, -0.15) is 0 Å². The number of carbonyl (C=O) groups is 1. The van der Waals surface area contributed by atoms with Crippen LogP contribution in [0.25, 0.3) is 0 Å². The first-order valence-corrected chi connectivity index (χ1v) is 10.5. The summed E-state index contributed by atoms with van der Waals surface area (Å²) < 4.78 is 6.01. The lowest BCUT2D eigenvalue weighted by Gasteiger charge is -2.44. The van der Waals surface area contributed by atoms with E-state index in [1.807, 2.05) is 34.6 Å². The molecule has 4 atom stereocenters. The average Bonchev–Trinajstić information content (AvgIpc) is 3.07. The molecule has 0 amide bonds. The minimum absolute atomic E-state index is 0.215. The standard InChI is InChI=1S/C24H38O4/c1-11-21(5,6)27-28-22(7,8)12-13-24(26-20(25)16(2)3)15-18-14-19(24)17(4)23(18,9)10/h17-19H,2,11,14-15H2,1,3-10H3/t17-,18-,19+,24+/m1/s1. The lowest BCUT2D eigenvalue weighted by Crippen LogP contribution is -2.47. The third-order valence-electron chi connectivity index (χ3n) is 7.04. The average molecular weight is 391 g/mol. The number of esters is 1. The fourth-order valence-corrected chi connectivity index (χ4v) is 4.25. The van der Waals surface area contributed by atoms with Gasteiger partial charge < -0.3 is 4.74 Å². The zero-order valence-corrected chi connectivity index (χ0v) is 19.2. The molecule has 2 fully saturated rings. The highest BCUT2D eigenvalue weighted by Gasteiger charge is 2.63. The first-order valence-electron chi connectivity index (χ1n) is 10.5. The fraction of sp³-hybridized carbons (Fsp3) is 0.792. The molecule has 4 heteroatoms. The molecule has 2 rings (SSSR count). The highest BCUT2D eigenvalue weighted by Crippen LogP contribution is 2.63. The molecule has 0 aliphatic heterocycles. The number of fused-ring (bicyclic) bond motifs is 2. The zero-order chi connectivity index (χ0) is 21.5. The van der Waals surface area contributed by atoms with Gasteiger partial charge in [-0.25, -0.2) is 14.6 Å². The molecule has 0 heterocycles. The van der Waals surface area contributed by atoms with Crippen molar-refractivity contribution in [3.05, 3.63) is 12.2 Å². The quantitative estimate of drug-likeness (QED) is 0.198. The normalized spacial score (nSPS) is 31.2. The summed E-state index contributed by atoms with van der Waals surface area (Å²) in [5.74, 6) is 7.30.